The molecule has 0 aliphatic heterocycles. The van der Waals surface area contributed by atoms with Crippen LogP contribution in [-0.4, -0.2) is 30.8 Å². The van der Waals surface area contributed by atoms with Gasteiger partial charge in [0.05, 0.1) is 5.39 Å². The number of hydrogen-bond acceptors (Lipinski definition) is 5. The van der Waals surface area contributed by atoms with E-state index in [0.717, 1.165) is 0 Å². The summed E-state index contributed by atoms with van der Waals surface area (Å²) in [7, 11) is 0. The van der Waals surface area contributed by atoms with Gasteiger partial charge in [-0.1, -0.05) is 0 Å². The molecule has 2 aromatic rings. The van der Waals surface area contributed by atoms with Crippen LogP contribution in [0.3, 0.4) is 0 Å². The van der Waals surface area contributed by atoms with Crippen LogP contribution >= 0.6 is 0 Å². The lowest BCUT2D eigenvalue weighted by Gasteiger charge is -1.91. The summed E-state index contributed by atoms with van der Waals surface area (Å²) < 4.78 is 1.26. The molecule has 0 aromatic carbocycles. The maximum absolute atomic E-state index is 10.4. The molecule has 72 valence electrons. The molecule has 0 amide bonds. The van der Waals surface area contributed by atoms with Crippen LogP contribution in [0.25, 0.3) is 11.0 Å². The number of nitrogens with two attached hydrogens (primary N) is 1. The van der Waals surface area contributed by atoms with Gasteiger partial charge in [-0.3, -0.25) is 9.48 Å². The molecule has 0 aliphatic carbocycles. The quantitative estimate of drug-likeness (QED) is 0.665. The van der Waals surface area contributed by atoms with Crippen LogP contribution in [0.15, 0.2) is 12.5 Å². The standard InChI is InChI=1S/C7H7N5O2/c8-6-4-1-12(2-5(13)14)11-7(4)10-3-9-6/h1,3H,2H2,(H,13,14)(H2,8,9,10,11). The Kier molecular flexibility index (Phi) is 1.77. The van der Waals surface area contributed by atoms with Crippen molar-refractivity contribution in [3.8, 4) is 0 Å². The lowest BCUT2D eigenvalue weighted by molar-refractivity contribution is -0.137. The molecule has 2 rings (SSSR count). The van der Waals surface area contributed by atoms with Crippen LogP contribution in [0.1, 0.15) is 0 Å². The summed E-state index contributed by atoms with van der Waals surface area (Å²) in [6, 6.07) is 0. The number of fused-ring (bicyclic) bond motifs is 1. The zero-order valence-electron chi connectivity index (χ0n) is 7.08. The first-order chi connectivity index (χ1) is 6.66. The molecule has 0 saturated heterocycles. The van der Waals surface area contributed by atoms with Crippen LogP contribution in [0.2, 0.25) is 0 Å². The number of carbonyl (C=O) groups is 1. The van der Waals surface area contributed by atoms with Crippen molar-refractivity contribution in [1.29, 1.82) is 0 Å². The third kappa shape index (κ3) is 1.35. The minimum absolute atomic E-state index is 0.213. The molecule has 7 heteroatoms. The molecule has 2 aromatic heterocycles. The van der Waals surface area contributed by atoms with E-state index in [0.29, 0.717) is 16.9 Å². The van der Waals surface area contributed by atoms with Gasteiger partial charge >= 0.3 is 5.97 Å². The molecule has 0 bridgehead atoms. The van der Waals surface area contributed by atoms with Crippen molar-refractivity contribution >= 4 is 22.8 Å². The lowest BCUT2D eigenvalue weighted by Crippen LogP contribution is -2.08. The SMILES string of the molecule is Nc1ncnc2nn(CC(=O)O)cc12. The number of hydrogen-bond donors (Lipinski definition) is 2. The van der Waals surface area contributed by atoms with Gasteiger partial charge in [-0.25, -0.2) is 9.97 Å². The molecule has 0 atom stereocenters. The first-order valence-electron chi connectivity index (χ1n) is 3.82. The van der Waals surface area contributed by atoms with E-state index in [2.05, 4.69) is 15.1 Å². The molecule has 0 saturated carbocycles. The predicted octanol–water partition coefficient (Wildman–Crippen LogP) is -0.507. The molecule has 14 heavy (non-hydrogen) atoms. The minimum atomic E-state index is -0.968. The highest BCUT2D eigenvalue weighted by Gasteiger charge is 2.07. The van der Waals surface area contributed by atoms with E-state index in [1.165, 1.54) is 17.2 Å². The van der Waals surface area contributed by atoms with E-state index in [4.69, 9.17) is 10.8 Å². The fourth-order valence-corrected chi connectivity index (χ4v) is 1.12. The van der Waals surface area contributed by atoms with Gasteiger partial charge in [0.15, 0.2) is 5.65 Å². The Balaban J connectivity index is 2.51. The molecule has 2 heterocycles. The smallest absolute Gasteiger partial charge is 0.325 e. The highest BCUT2D eigenvalue weighted by Crippen LogP contribution is 2.13. The van der Waals surface area contributed by atoms with Gasteiger partial charge < -0.3 is 10.8 Å². The van der Waals surface area contributed by atoms with E-state index in [-0.39, 0.29) is 6.54 Å². The average molecular weight is 193 g/mol. The van der Waals surface area contributed by atoms with Crippen molar-refractivity contribution in [3.05, 3.63) is 12.5 Å². The lowest BCUT2D eigenvalue weighted by atomic mass is 10.4. The molecule has 0 radical (unpaired) electrons. The largest absolute Gasteiger partial charge is 0.480 e. The first-order valence-corrected chi connectivity index (χ1v) is 3.82. The topological polar surface area (TPSA) is 107 Å². The third-order valence-corrected chi connectivity index (χ3v) is 1.69. The molecule has 0 fully saturated rings. The van der Waals surface area contributed by atoms with Gasteiger partial charge in [-0.05, 0) is 0 Å². The normalized spacial score (nSPS) is 10.6. The van der Waals surface area contributed by atoms with Gasteiger partial charge in [0, 0.05) is 6.20 Å². The Morgan fingerprint density at radius 3 is 3.00 bits per heavy atom. The highest BCUT2D eigenvalue weighted by molar-refractivity contribution is 5.84. The molecule has 3 N–H and O–H groups in total. The number of aromatic nitrogens is 4. The second-order valence-corrected chi connectivity index (χ2v) is 2.72. The maximum Gasteiger partial charge on any atom is 0.325 e. The maximum atomic E-state index is 10.4. The summed E-state index contributed by atoms with van der Waals surface area (Å²) in [6.07, 6.45) is 2.80. The van der Waals surface area contributed by atoms with Crippen LogP contribution in [0, 0.1) is 0 Å². The van der Waals surface area contributed by atoms with Gasteiger partial charge in [-0.15, -0.1) is 0 Å². The predicted molar refractivity (Wildman–Crippen MR) is 47.4 cm³/mol. The second-order valence-electron chi connectivity index (χ2n) is 2.72. The summed E-state index contributed by atoms with van der Waals surface area (Å²) >= 11 is 0. The number of carboxylic acids is 1. The summed E-state index contributed by atoms with van der Waals surface area (Å²) in [5, 5.41) is 13.0. The average Bonchev–Trinajstić information content (AvgIpc) is 2.47. The molecule has 7 nitrogen and oxygen atoms in total. The first kappa shape index (κ1) is 8.42. The zero-order valence-corrected chi connectivity index (χ0v) is 7.08. The van der Waals surface area contributed by atoms with Crippen molar-refractivity contribution in [3.63, 3.8) is 0 Å². The number of anilines is 1. The molecule has 0 aliphatic rings. The number of aliphatic carboxylic acids is 1. The van der Waals surface area contributed by atoms with E-state index in [1.54, 1.807) is 0 Å². The minimum Gasteiger partial charge on any atom is -0.480 e. The summed E-state index contributed by atoms with van der Waals surface area (Å²) in [4.78, 5) is 18.0. The fraction of sp³-hybridized carbons (Fsp3) is 0.143. The van der Waals surface area contributed by atoms with E-state index >= 15 is 0 Å². The monoisotopic (exact) mass is 193 g/mol. The van der Waals surface area contributed by atoms with Crippen molar-refractivity contribution in [2.24, 2.45) is 0 Å². The summed E-state index contributed by atoms with van der Waals surface area (Å²) in [5.74, 6) is -0.670. The Labute approximate surface area is 78.2 Å². The Hall–Kier alpha value is -2.18. The van der Waals surface area contributed by atoms with Crippen LogP contribution in [0.5, 0.6) is 0 Å². The highest BCUT2D eigenvalue weighted by atomic mass is 16.4. The van der Waals surface area contributed by atoms with E-state index < -0.39 is 5.97 Å². The fourth-order valence-electron chi connectivity index (χ4n) is 1.12. The summed E-state index contributed by atoms with van der Waals surface area (Å²) in [6.45, 7) is -0.213. The van der Waals surface area contributed by atoms with Gasteiger partial charge in [-0.2, -0.15) is 5.10 Å². The Bertz CT molecular complexity index is 492. The van der Waals surface area contributed by atoms with Crippen LogP contribution in [-0.2, 0) is 11.3 Å². The zero-order chi connectivity index (χ0) is 10.1. The van der Waals surface area contributed by atoms with Crippen molar-refractivity contribution in [2.75, 3.05) is 5.73 Å². The Morgan fingerprint density at radius 2 is 2.36 bits per heavy atom. The number of carboxylic acid groups (broad SMARTS) is 1. The van der Waals surface area contributed by atoms with Crippen molar-refractivity contribution in [1.82, 2.24) is 19.7 Å². The molecule has 0 unspecified atom stereocenters. The number of nitrogens with zero attached hydrogens (tertiary/aromatic N) is 4. The van der Waals surface area contributed by atoms with E-state index in [1.807, 2.05) is 0 Å². The van der Waals surface area contributed by atoms with Crippen LogP contribution in [0.4, 0.5) is 5.82 Å². The Morgan fingerprint density at radius 1 is 1.57 bits per heavy atom. The van der Waals surface area contributed by atoms with Gasteiger partial charge in [0.1, 0.15) is 18.7 Å². The van der Waals surface area contributed by atoms with Crippen molar-refractivity contribution < 1.29 is 9.90 Å². The number of nitrogen functional groups attached to an aromatic ring is 1. The van der Waals surface area contributed by atoms with Gasteiger partial charge in [0.2, 0.25) is 0 Å². The summed E-state index contributed by atoms with van der Waals surface area (Å²) in [5.41, 5.74) is 5.95. The third-order valence-electron chi connectivity index (χ3n) is 1.69. The molecular weight excluding hydrogens is 186 g/mol. The number of rotatable bonds is 2. The molecular formula is C7H7N5O2. The second kappa shape index (κ2) is 2.95. The van der Waals surface area contributed by atoms with Crippen molar-refractivity contribution in [2.45, 2.75) is 6.54 Å². The van der Waals surface area contributed by atoms with Crippen LogP contribution < -0.4 is 5.73 Å². The molecule has 0 spiro atoms. The van der Waals surface area contributed by atoms with Gasteiger partial charge in [0.25, 0.3) is 0 Å². The van der Waals surface area contributed by atoms with E-state index in [9.17, 15) is 4.79 Å².